The van der Waals surface area contributed by atoms with Crippen LogP contribution in [0.3, 0.4) is 0 Å². The van der Waals surface area contributed by atoms with Gasteiger partial charge in [-0.2, -0.15) is 5.10 Å². The van der Waals surface area contributed by atoms with E-state index in [0.29, 0.717) is 18.8 Å². The number of aromatic nitrogens is 2. The van der Waals surface area contributed by atoms with Crippen LogP contribution < -0.4 is 16.2 Å². The first-order valence-electron chi connectivity index (χ1n) is 6.05. The van der Waals surface area contributed by atoms with Crippen LogP contribution >= 0.6 is 11.6 Å². The number of nitrogens with zero attached hydrogens (tertiary/aromatic N) is 2. The molecule has 0 aromatic carbocycles. The van der Waals surface area contributed by atoms with Crippen LogP contribution in [0, 0.1) is 5.41 Å². The summed E-state index contributed by atoms with van der Waals surface area (Å²) in [5.74, 6) is -0.0917. The van der Waals surface area contributed by atoms with Gasteiger partial charge >= 0.3 is 0 Å². The number of carbonyl (C=O) groups excluding carboxylic acids is 1. The minimum atomic E-state index is -0.613. The Kier molecular flexibility index (Phi) is 4.94. The Morgan fingerprint density at radius 2 is 2.16 bits per heavy atom. The van der Waals surface area contributed by atoms with Gasteiger partial charge in [-0.15, -0.1) is 0 Å². The molecule has 0 aliphatic heterocycles. The minimum absolute atomic E-state index is 0.0876. The standard InChI is InChI=1S/C12H19ClN4O2/c1-5-17-10(18)9(13)8(6-16-17)15-7-12(2,3)11(19)14-4/h6,15H,5,7H2,1-4H3,(H,14,19). The molecule has 6 nitrogen and oxygen atoms in total. The van der Waals surface area contributed by atoms with Crippen LogP contribution in [-0.2, 0) is 11.3 Å². The van der Waals surface area contributed by atoms with E-state index in [9.17, 15) is 9.59 Å². The number of aryl methyl sites for hydroxylation is 1. The van der Waals surface area contributed by atoms with E-state index in [1.807, 2.05) is 6.92 Å². The molecule has 0 atom stereocenters. The smallest absolute Gasteiger partial charge is 0.287 e. The number of halogens is 1. The minimum Gasteiger partial charge on any atom is -0.381 e. The molecule has 0 fully saturated rings. The highest BCUT2D eigenvalue weighted by atomic mass is 35.5. The van der Waals surface area contributed by atoms with Gasteiger partial charge in [-0.25, -0.2) is 4.68 Å². The van der Waals surface area contributed by atoms with E-state index >= 15 is 0 Å². The first-order chi connectivity index (χ1) is 8.83. The van der Waals surface area contributed by atoms with E-state index in [-0.39, 0.29) is 16.5 Å². The second-order valence-corrected chi connectivity index (χ2v) is 5.19. The number of nitrogens with one attached hydrogen (secondary N) is 2. The lowest BCUT2D eigenvalue weighted by Gasteiger charge is -2.23. The lowest BCUT2D eigenvalue weighted by molar-refractivity contribution is -0.128. The molecule has 0 aliphatic carbocycles. The molecule has 0 bridgehead atoms. The Morgan fingerprint density at radius 3 is 2.68 bits per heavy atom. The third kappa shape index (κ3) is 3.47. The molecule has 2 N–H and O–H groups in total. The molecular formula is C12H19ClN4O2. The topological polar surface area (TPSA) is 76.0 Å². The summed E-state index contributed by atoms with van der Waals surface area (Å²) >= 11 is 5.98. The first-order valence-corrected chi connectivity index (χ1v) is 6.43. The maximum Gasteiger partial charge on any atom is 0.287 e. The van der Waals surface area contributed by atoms with Crippen molar-refractivity contribution in [2.45, 2.75) is 27.3 Å². The van der Waals surface area contributed by atoms with E-state index in [2.05, 4.69) is 15.7 Å². The second kappa shape index (κ2) is 6.06. The van der Waals surface area contributed by atoms with Crippen LogP contribution in [0.25, 0.3) is 0 Å². The summed E-state index contributed by atoms with van der Waals surface area (Å²) in [7, 11) is 1.58. The lowest BCUT2D eigenvalue weighted by Crippen LogP contribution is -2.39. The van der Waals surface area contributed by atoms with E-state index < -0.39 is 5.41 Å². The third-order valence-electron chi connectivity index (χ3n) is 2.85. The van der Waals surface area contributed by atoms with Crippen molar-refractivity contribution in [1.82, 2.24) is 15.1 Å². The number of hydrogen-bond donors (Lipinski definition) is 2. The second-order valence-electron chi connectivity index (χ2n) is 4.81. The predicted octanol–water partition coefficient (Wildman–Crippen LogP) is 1.10. The number of rotatable bonds is 5. The summed E-state index contributed by atoms with van der Waals surface area (Å²) < 4.78 is 1.28. The number of amides is 1. The Hall–Kier alpha value is -1.56. The monoisotopic (exact) mass is 286 g/mol. The van der Waals surface area contributed by atoms with Crippen LogP contribution in [0.2, 0.25) is 5.02 Å². The zero-order chi connectivity index (χ0) is 14.6. The van der Waals surface area contributed by atoms with Crippen molar-refractivity contribution in [1.29, 1.82) is 0 Å². The van der Waals surface area contributed by atoms with E-state index in [1.54, 1.807) is 20.9 Å². The molecule has 0 radical (unpaired) electrons. The lowest BCUT2D eigenvalue weighted by atomic mass is 9.92. The molecule has 0 saturated carbocycles. The van der Waals surface area contributed by atoms with Gasteiger partial charge in [0.15, 0.2) is 0 Å². The summed E-state index contributed by atoms with van der Waals surface area (Å²) in [6, 6.07) is 0. The Labute approximate surface area is 117 Å². The van der Waals surface area contributed by atoms with Crippen molar-refractivity contribution in [2.24, 2.45) is 5.41 Å². The van der Waals surface area contributed by atoms with Gasteiger partial charge < -0.3 is 10.6 Å². The SMILES string of the molecule is CCn1ncc(NCC(C)(C)C(=O)NC)c(Cl)c1=O. The fraction of sp³-hybridized carbons (Fsp3) is 0.583. The van der Waals surface area contributed by atoms with E-state index in [1.165, 1.54) is 10.9 Å². The van der Waals surface area contributed by atoms with Gasteiger partial charge in [0, 0.05) is 20.1 Å². The van der Waals surface area contributed by atoms with Crippen LogP contribution in [0.1, 0.15) is 20.8 Å². The van der Waals surface area contributed by atoms with Crippen molar-refractivity contribution in [3.8, 4) is 0 Å². The molecule has 0 saturated heterocycles. The van der Waals surface area contributed by atoms with Gasteiger partial charge in [0.2, 0.25) is 5.91 Å². The van der Waals surface area contributed by atoms with Crippen molar-refractivity contribution in [3.05, 3.63) is 21.6 Å². The number of hydrogen-bond acceptors (Lipinski definition) is 4. The molecule has 1 amide bonds. The number of anilines is 1. The van der Waals surface area contributed by atoms with Crippen molar-refractivity contribution in [3.63, 3.8) is 0 Å². The largest absolute Gasteiger partial charge is 0.381 e. The van der Waals surface area contributed by atoms with Gasteiger partial charge in [-0.1, -0.05) is 11.6 Å². The molecule has 1 rings (SSSR count). The van der Waals surface area contributed by atoms with Gasteiger partial charge in [-0.05, 0) is 20.8 Å². The highest BCUT2D eigenvalue weighted by Crippen LogP contribution is 2.20. The average Bonchev–Trinajstić information content (AvgIpc) is 2.39. The molecule has 7 heteroatoms. The Balaban J connectivity index is 2.88. The summed E-state index contributed by atoms with van der Waals surface area (Å²) in [5.41, 5.74) is -0.516. The molecule has 19 heavy (non-hydrogen) atoms. The van der Waals surface area contributed by atoms with E-state index in [0.717, 1.165) is 0 Å². The van der Waals surface area contributed by atoms with Gasteiger partial charge in [0.05, 0.1) is 17.3 Å². The third-order valence-corrected chi connectivity index (χ3v) is 3.21. The van der Waals surface area contributed by atoms with Crippen molar-refractivity contribution >= 4 is 23.2 Å². The van der Waals surface area contributed by atoms with Crippen LogP contribution in [0.15, 0.2) is 11.0 Å². The summed E-state index contributed by atoms with van der Waals surface area (Å²) in [6.07, 6.45) is 1.49. The molecule has 0 aliphatic rings. The van der Waals surface area contributed by atoms with Gasteiger partial charge in [0.1, 0.15) is 5.02 Å². The molecule has 1 aromatic rings. The van der Waals surface area contributed by atoms with Crippen molar-refractivity contribution < 1.29 is 4.79 Å². The fourth-order valence-corrected chi connectivity index (χ4v) is 1.76. The maximum atomic E-state index is 11.8. The normalized spacial score (nSPS) is 11.2. The van der Waals surface area contributed by atoms with E-state index in [4.69, 9.17) is 11.6 Å². The summed E-state index contributed by atoms with van der Waals surface area (Å²) in [5, 5.41) is 9.65. The maximum absolute atomic E-state index is 11.8. The molecule has 1 heterocycles. The predicted molar refractivity (Wildman–Crippen MR) is 75.5 cm³/mol. The zero-order valence-corrected chi connectivity index (χ0v) is 12.3. The highest BCUT2D eigenvalue weighted by Gasteiger charge is 2.26. The van der Waals surface area contributed by atoms with Crippen LogP contribution in [-0.4, -0.2) is 29.3 Å². The average molecular weight is 287 g/mol. The quantitative estimate of drug-likeness (QED) is 0.850. The molecule has 0 unspecified atom stereocenters. The van der Waals surface area contributed by atoms with Crippen LogP contribution in [0.5, 0.6) is 0 Å². The summed E-state index contributed by atoms with van der Waals surface area (Å²) in [4.78, 5) is 23.4. The number of carbonyl (C=O) groups is 1. The Bertz CT molecular complexity index is 525. The van der Waals surface area contributed by atoms with Crippen LogP contribution in [0.4, 0.5) is 5.69 Å². The molecule has 1 aromatic heterocycles. The fourth-order valence-electron chi connectivity index (χ4n) is 1.55. The molecule has 0 spiro atoms. The highest BCUT2D eigenvalue weighted by molar-refractivity contribution is 6.32. The zero-order valence-electron chi connectivity index (χ0n) is 11.6. The molecular weight excluding hydrogens is 268 g/mol. The summed E-state index contributed by atoms with van der Waals surface area (Å²) in [6.45, 7) is 6.22. The van der Waals surface area contributed by atoms with Crippen molar-refractivity contribution in [2.75, 3.05) is 18.9 Å². The first kappa shape index (κ1) is 15.5. The van der Waals surface area contributed by atoms with Gasteiger partial charge in [-0.3, -0.25) is 9.59 Å². The van der Waals surface area contributed by atoms with Gasteiger partial charge in [0.25, 0.3) is 5.56 Å². The Morgan fingerprint density at radius 1 is 1.53 bits per heavy atom. The molecule has 106 valence electrons.